The maximum absolute atomic E-state index is 3.85. The molecule has 1 fully saturated rings. The molecule has 21 heavy (non-hydrogen) atoms. The summed E-state index contributed by atoms with van der Waals surface area (Å²) >= 11 is 0. The Kier molecular flexibility index (Phi) is 4.30. The highest BCUT2D eigenvalue weighted by molar-refractivity contribution is 5.83. The summed E-state index contributed by atoms with van der Waals surface area (Å²) in [4.78, 5) is 0. The Hall–Kier alpha value is -1.34. The molecule has 2 aromatic carbocycles. The first kappa shape index (κ1) is 14.6. The van der Waals surface area contributed by atoms with E-state index in [9.17, 15) is 0 Å². The average Bonchev–Trinajstić information content (AvgIpc) is 2.50. The molecule has 1 nitrogen and oxygen atoms in total. The Labute approximate surface area is 128 Å². The zero-order valence-corrected chi connectivity index (χ0v) is 13.5. The van der Waals surface area contributed by atoms with Gasteiger partial charge in [-0.05, 0) is 60.4 Å². The molecular weight excluding hydrogens is 254 g/mol. The SMILES string of the molecule is CC(NC1CCC(C)C(C)C1)c1ccc2ccccc2c1. The van der Waals surface area contributed by atoms with Gasteiger partial charge >= 0.3 is 0 Å². The molecule has 0 bridgehead atoms. The maximum Gasteiger partial charge on any atom is 0.0294 e. The monoisotopic (exact) mass is 281 g/mol. The van der Waals surface area contributed by atoms with Crippen LogP contribution in [0.1, 0.15) is 51.6 Å². The summed E-state index contributed by atoms with van der Waals surface area (Å²) in [5.41, 5.74) is 1.40. The highest BCUT2D eigenvalue weighted by atomic mass is 14.9. The van der Waals surface area contributed by atoms with E-state index < -0.39 is 0 Å². The van der Waals surface area contributed by atoms with Crippen molar-refractivity contribution in [3.05, 3.63) is 48.0 Å². The van der Waals surface area contributed by atoms with Crippen LogP contribution in [0.15, 0.2) is 42.5 Å². The fourth-order valence-electron chi connectivity index (χ4n) is 3.63. The van der Waals surface area contributed by atoms with Crippen LogP contribution in [0.2, 0.25) is 0 Å². The molecule has 0 spiro atoms. The molecule has 2 aromatic rings. The summed E-state index contributed by atoms with van der Waals surface area (Å²) in [5, 5.41) is 6.52. The normalized spacial score (nSPS) is 27.7. The van der Waals surface area contributed by atoms with Crippen molar-refractivity contribution in [3.8, 4) is 0 Å². The van der Waals surface area contributed by atoms with Gasteiger partial charge in [-0.1, -0.05) is 50.2 Å². The maximum atomic E-state index is 3.85. The van der Waals surface area contributed by atoms with Gasteiger partial charge in [0.25, 0.3) is 0 Å². The summed E-state index contributed by atoms with van der Waals surface area (Å²) in [6.07, 6.45) is 4.01. The van der Waals surface area contributed by atoms with Crippen molar-refractivity contribution in [2.24, 2.45) is 11.8 Å². The predicted molar refractivity (Wildman–Crippen MR) is 91.5 cm³/mol. The standard InChI is InChI=1S/C20H27N/c1-14-8-11-20(12-15(14)2)21-16(3)18-10-9-17-6-4-5-7-19(17)13-18/h4-7,9-10,13-16,20-21H,8,11-12H2,1-3H3. The van der Waals surface area contributed by atoms with Gasteiger partial charge in [0.05, 0.1) is 0 Å². The molecule has 0 heterocycles. The van der Waals surface area contributed by atoms with E-state index in [0.29, 0.717) is 12.1 Å². The van der Waals surface area contributed by atoms with E-state index in [1.54, 1.807) is 0 Å². The Bertz CT molecular complexity index is 604. The molecule has 0 amide bonds. The van der Waals surface area contributed by atoms with Gasteiger partial charge in [-0.25, -0.2) is 0 Å². The number of rotatable bonds is 3. The lowest BCUT2D eigenvalue weighted by Gasteiger charge is -2.34. The minimum absolute atomic E-state index is 0.431. The Morgan fingerprint density at radius 1 is 0.952 bits per heavy atom. The largest absolute Gasteiger partial charge is 0.307 e. The zero-order valence-electron chi connectivity index (χ0n) is 13.5. The topological polar surface area (TPSA) is 12.0 Å². The van der Waals surface area contributed by atoms with Crippen LogP contribution in [0.5, 0.6) is 0 Å². The second-order valence-corrected chi connectivity index (χ2v) is 6.96. The van der Waals surface area contributed by atoms with E-state index in [-0.39, 0.29) is 0 Å². The summed E-state index contributed by atoms with van der Waals surface area (Å²) in [5.74, 6) is 1.74. The van der Waals surface area contributed by atoms with Crippen LogP contribution in [0.25, 0.3) is 10.8 Å². The molecule has 112 valence electrons. The number of hydrogen-bond donors (Lipinski definition) is 1. The van der Waals surface area contributed by atoms with Crippen molar-refractivity contribution in [1.29, 1.82) is 0 Å². The number of hydrogen-bond acceptors (Lipinski definition) is 1. The fourth-order valence-corrected chi connectivity index (χ4v) is 3.63. The first-order valence-corrected chi connectivity index (χ1v) is 8.38. The Morgan fingerprint density at radius 2 is 1.71 bits per heavy atom. The first-order chi connectivity index (χ1) is 10.1. The van der Waals surface area contributed by atoms with Crippen LogP contribution < -0.4 is 5.32 Å². The molecule has 4 atom stereocenters. The molecule has 1 aliphatic rings. The molecular formula is C20H27N. The Balaban J connectivity index is 1.70. The molecule has 1 heteroatoms. The van der Waals surface area contributed by atoms with Gasteiger partial charge in [0.15, 0.2) is 0 Å². The number of nitrogens with one attached hydrogen (secondary N) is 1. The van der Waals surface area contributed by atoms with Crippen LogP contribution in [-0.2, 0) is 0 Å². The summed E-state index contributed by atoms with van der Waals surface area (Å²) in [6.45, 7) is 7.10. The smallest absolute Gasteiger partial charge is 0.0294 e. The molecule has 4 unspecified atom stereocenters. The van der Waals surface area contributed by atoms with Crippen LogP contribution in [0, 0.1) is 11.8 Å². The van der Waals surface area contributed by atoms with E-state index >= 15 is 0 Å². The van der Waals surface area contributed by atoms with Gasteiger partial charge in [0, 0.05) is 12.1 Å². The second-order valence-electron chi connectivity index (χ2n) is 6.96. The van der Waals surface area contributed by atoms with Crippen molar-refractivity contribution in [1.82, 2.24) is 5.32 Å². The fraction of sp³-hybridized carbons (Fsp3) is 0.500. The van der Waals surface area contributed by atoms with Crippen LogP contribution in [-0.4, -0.2) is 6.04 Å². The van der Waals surface area contributed by atoms with Gasteiger partial charge in [-0.3, -0.25) is 0 Å². The van der Waals surface area contributed by atoms with Crippen molar-refractivity contribution in [2.75, 3.05) is 0 Å². The highest BCUT2D eigenvalue weighted by Gasteiger charge is 2.25. The molecule has 0 radical (unpaired) electrons. The van der Waals surface area contributed by atoms with E-state index in [0.717, 1.165) is 11.8 Å². The third-order valence-electron chi connectivity index (χ3n) is 5.36. The Morgan fingerprint density at radius 3 is 2.48 bits per heavy atom. The lowest BCUT2D eigenvalue weighted by Crippen LogP contribution is -2.37. The predicted octanol–water partition coefficient (Wildman–Crippen LogP) is 5.32. The van der Waals surface area contributed by atoms with Crippen LogP contribution in [0.3, 0.4) is 0 Å². The van der Waals surface area contributed by atoms with Crippen LogP contribution in [0.4, 0.5) is 0 Å². The summed E-state index contributed by atoms with van der Waals surface area (Å²) in [6, 6.07) is 16.6. The minimum Gasteiger partial charge on any atom is -0.307 e. The van der Waals surface area contributed by atoms with E-state index in [1.165, 1.54) is 35.6 Å². The molecule has 1 aliphatic carbocycles. The third-order valence-corrected chi connectivity index (χ3v) is 5.36. The van der Waals surface area contributed by atoms with E-state index in [1.807, 2.05) is 0 Å². The van der Waals surface area contributed by atoms with Crippen molar-refractivity contribution >= 4 is 10.8 Å². The second kappa shape index (κ2) is 6.19. The van der Waals surface area contributed by atoms with Gasteiger partial charge in [-0.2, -0.15) is 0 Å². The molecule has 0 saturated heterocycles. The number of benzene rings is 2. The minimum atomic E-state index is 0.431. The zero-order chi connectivity index (χ0) is 14.8. The van der Waals surface area contributed by atoms with Gasteiger partial charge in [0.2, 0.25) is 0 Å². The summed E-state index contributed by atoms with van der Waals surface area (Å²) in [7, 11) is 0. The van der Waals surface area contributed by atoms with Crippen molar-refractivity contribution in [2.45, 2.75) is 52.1 Å². The van der Waals surface area contributed by atoms with Gasteiger partial charge in [-0.15, -0.1) is 0 Å². The van der Waals surface area contributed by atoms with Crippen LogP contribution >= 0.6 is 0 Å². The van der Waals surface area contributed by atoms with E-state index in [2.05, 4.69) is 68.6 Å². The molecule has 0 aromatic heterocycles. The average molecular weight is 281 g/mol. The van der Waals surface area contributed by atoms with E-state index in [4.69, 9.17) is 0 Å². The highest BCUT2D eigenvalue weighted by Crippen LogP contribution is 2.31. The lowest BCUT2D eigenvalue weighted by molar-refractivity contribution is 0.217. The lowest BCUT2D eigenvalue weighted by atomic mass is 9.79. The molecule has 0 aliphatic heterocycles. The summed E-state index contributed by atoms with van der Waals surface area (Å²) < 4.78 is 0. The van der Waals surface area contributed by atoms with Crippen molar-refractivity contribution in [3.63, 3.8) is 0 Å². The molecule has 1 N–H and O–H groups in total. The molecule has 1 saturated carbocycles. The van der Waals surface area contributed by atoms with Gasteiger partial charge < -0.3 is 5.32 Å². The van der Waals surface area contributed by atoms with Gasteiger partial charge in [0.1, 0.15) is 0 Å². The number of fused-ring (bicyclic) bond motifs is 1. The molecule has 3 rings (SSSR count). The first-order valence-electron chi connectivity index (χ1n) is 8.38. The van der Waals surface area contributed by atoms with Crippen molar-refractivity contribution < 1.29 is 0 Å². The third kappa shape index (κ3) is 3.29. The quantitative estimate of drug-likeness (QED) is 0.803.